The number of para-hydroxylation sites is 1. The Kier molecular flexibility index (Phi) is 6.54. The Morgan fingerprint density at radius 2 is 1.75 bits per heavy atom. The van der Waals surface area contributed by atoms with E-state index in [1.165, 1.54) is 0 Å². The predicted molar refractivity (Wildman–Crippen MR) is 145 cm³/mol. The number of nitrogens with one attached hydrogen (secondary N) is 1. The van der Waals surface area contributed by atoms with Gasteiger partial charge in [0.25, 0.3) is 5.56 Å². The molecule has 2 amide bonds. The van der Waals surface area contributed by atoms with Crippen LogP contribution in [0, 0.1) is 0 Å². The molecule has 7 heteroatoms. The number of carbonyl (C=O) groups is 1. The van der Waals surface area contributed by atoms with Crippen LogP contribution in [0.5, 0.6) is 0 Å². The summed E-state index contributed by atoms with van der Waals surface area (Å²) >= 11 is 6.35. The lowest BCUT2D eigenvalue weighted by Crippen LogP contribution is -2.40. The van der Waals surface area contributed by atoms with Crippen LogP contribution in [0.4, 0.5) is 10.5 Å². The molecular weight excluding hydrogens is 472 g/mol. The number of fused-ring (bicyclic) bond motifs is 2. The molecule has 1 N–H and O–H groups in total. The van der Waals surface area contributed by atoms with Crippen LogP contribution in [0.15, 0.2) is 77.6 Å². The molecule has 0 fully saturated rings. The van der Waals surface area contributed by atoms with Gasteiger partial charge in [-0.25, -0.2) is 9.78 Å². The fourth-order valence-corrected chi connectivity index (χ4v) is 5.38. The number of aromatic nitrogens is 2. The fraction of sp³-hybridized carbons (Fsp3) is 0.276. The van der Waals surface area contributed by atoms with Crippen molar-refractivity contribution in [2.24, 2.45) is 0 Å². The van der Waals surface area contributed by atoms with E-state index >= 15 is 0 Å². The molecule has 36 heavy (non-hydrogen) atoms. The van der Waals surface area contributed by atoms with E-state index in [0.717, 1.165) is 16.8 Å². The summed E-state index contributed by atoms with van der Waals surface area (Å²) in [5, 5.41) is 3.97. The summed E-state index contributed by atoms with van der Waals surface area (Å²) in [5.74, 6) is 0.843. The Balaban J connectivity index is 1.60. The van der Waals surface area contributed by atoms with Crippen molar-refractivity contribution >= 4 is 34.2 Å². The van der Waals surface area contributed by atoms with E-state index in [0.29, 0.717) is 34.7 Å². The topological polar surface area (TPSA) is 67.2 Å². The SMILES string of the molecule is CC(C)c1ccccc1NC(=O)N(C(C)c1ccccc1)C1CCn2c1nc1cccc(Cl)c1c2=O. The molecule has 1 aromatic heterocycles. The summed E-state index contributed by atoms with van der Waals surface area (Å²) in [5.41, 5.74) is 3.25. The van der Waals surface area contributed by atoms with Crippen molar-refractivity contribution in [1.82, 2.24) is 14.5 Å². The summed E-state index contributed by atoms with van der Waals surface area (Å²) in [6.45, 7) is 6.70. The summed E-state index contributed by atoms with van der Waals surface area (Å²) in [4.78, 5) is 34.0. The van der Waals surface area contributed by atoms with E-state index in [9.17, 15) is 9.59 Å². The number of carbonyl (C=O) groups excluding carboxylic acids is 1. The Bertz CT molecular complexity index is 1480. The first-order valence-electron chi connectivity index (χ1n) is 12.3. The number of benzene rings is 3. The third-order valence-electron chi connectivity index (χ3n) is 6.98. The molecule has 0 saturated carbocycles. The smallest absolute Gasteiger partial charge is 0.308 e. The fourth-order valence-electron chi connectivity index (χ4n) is 5.13. The molecule has 0 radical (unpaired) electrons. The third-order valence-corrected chi connectivity index (χ3v) is 7.30. The molecule has 0 aliphatic carbocycles. The maximum atomic E-state index is 14.0. The maximum absolute atomic E-state index is 14.0. The Hall–Kier alpha value is -3.64. The van der Waals surface area contributed by atoms with Crippen molar-refractivity contribution in [3.8, 4) is 0 Å². The Labute approximate surface area is 215 Å². The van der Waals surface area contributed by atoms with Gasteiger partial charge in [-0.1, -0.05) is 80.0 Å². The number of rotatable bonds is 5. The largest absolute Gasteiger partial charge is 0.322 e. The lowest BCUT2D eigenvalue weighted by atomic mass is 10.0. The zero-order valence-corrected chi connectivity index (χ0v) is 21.4. The summed E-state index contributed by atoms with van der Waals surface area (Å²) in [6, 6.07) is 22.2. The van der Waals surface area contributed by atoms with Crippen molar-refractivity contribution in [3.63, 3.8) is 0 Å². The first-order chi connectivity index (χ1) is 17.4. The van der Waals surface area contributed by atoms with Gasteiger partial charge in [-0.3, -0.25) is 9.36 Å². The van der Waals surface area contributed by atoms with E-state index < -0.39 is 0 Å². The number of hydrogen-bond acceptors (Lipinski definition) is 3. The van der Waals surface area contributed by atoms with Crippen LogP contribution in [0.25, 0.3) is 10.9 Å². The number of nitrogens with zero attached hydrogens (tertiary/aromatic N) is 3. The first-order valence-corrected chi connectivity index (χ1v) is 12.7. The summed E-state index contributed by atoms with van der Waals surface area (Å²) in [6.07, 6.45) is 0.590. The van der Waals surface area contributed by atoms with Crippen molar-refractivity contribution < 1.29 is 4.79 Å². The molecule has 2 atom stereocenters. The molecule has 6 nitrogen and oxygen atoms in total. The highest BCUT2D eigenvalue weighted by Crippen LogP contribution is 2.37. The second kappa shape index (κ2) is 9.78. The molecule has 4 aromatic rings. The molecule has 0 saturated heterocycles. The first kappa shape index (κ1) is 24.1. The lowest BCUT2D eigenvalue weighted by molar-refractivity contribution is 0.159. The van der Waals surface area contributed by atoms with Gasteiger partial charge in [-0.05, 0) is 48.6 Å². The van der Waals surface area contributed by atoms with Crippen LogP contribution in [-0.2, 0) is 6.54 Å². The predicted octanol–water partition coefficient (Wildman–Crippen LogP) is 6.91. The number of hydrogen-bond donors (Lipinski definition) is 1. The zero-order chi connectivity index (χ0) is 25.4. The van der Waals surface area contributed by atoms with E-state index in [-0.39, 0.29) is 29.6 Å². The molecule has 0 bridgehead atoms. The Morgan fingerprint density at radius 1 is 1.03 bits per heavy atom. The van der Waals surface area contributed by atoms with Gasteiger partial charge in [-0.15, -0.1) is 0 Å². The Morgan fingerprint density at radius 3 is 2.50 bits per heavy atom. The second-order valence-electron chi connectivity index (χ2n) is 9.53. The quantitative estimate of drug-likeness (QED) is 0.323. The molecule has 2 unspecified atom stereocenters. The van der Waals surface area contributed by atoms with E-state index in [2.05, 4.69) is 19.2 Å². The highest BCUT2D eigenvalue weighted by molar-refractivity contribution is 6.35. The molecule has 2 heterocycles. The minimum Gasteiger partial charge on any atom is -0.308 e. The number of urea groups is 1. The lowest BCUT2D eigenvalue weighted by Gasteiger charge is -2.35. The molecule has 0 spiro atoms. The molecule has 1 aliphatic rings. The van der Waals surface area contributed by atoms with Crippen LogP contribution in [-0.4, -0.2) is 20.5 Å². The van der Waals surface area contributed by atoms with Crippen molar-refractivity contribution in [2.75, 3.05) is 5.32 Å². The number of anilines is 1. The molecule has 184 valence electrons. The molecular formula is C29H29ClN4O2. The van der Waals surface area contributed by atoms with Crippen molar-refractivity contribution in [2.45, 2.75) is 51.7 Å². The normalized spacial score (nSPS) is 15.6. The van der Waals surface area contributed by atoms with E-state index in [1.807, 2.05) is 66.4 Å². The molecule has 3 aromatic carbocycles. The summed E-state index contributed by atoms with van der Waals surface area (Å²) in [7, 11) is 0. The van der Waals surface area contributed by atoms with E-state index in [1.54, 1.807) is 22.8 Å². The van der Waals surface area contributed by atoms with Crippen molar-refractivity contribution in [1.29, 1.82) is 0 Å². The van der Waals surface area contributed by atoms with E-state index in [4.69, 9.17) is 16.6 Å². The second-order valence-corrected chi connectivity index (χ2v) is 9.94. The van der Waals surface area contributed by atoms with Crippen LogP contribution < -0.4 is 10.9 Å². The average Bonchev–Trinajstić information content (AvgIpc) is 3.28. The van der Waals surface area contributed by atoms with Gasteiger partial charge in [0.15, 0.2) is 0 Å². The zero-order valence-electron chi connectivity index (χ0n) is 20.6. The van der Waals surface area contributed by atoms with Gasteiger partial charge in [-0.2, -0.15) is 0 Å². The highest BCUT2D eigenvalue weighted by Gasteiger charge is 2.37. The molecule has 1 aliphatic heterocycles. The minimum atomic E-state index is -0.373. The monoisotopic (exact) mass is 500 g/mol. The summed E-state index contributed by atoms with van der Waals surface area (Å²) < 4.78 is 1.67. The average molecular weight is 501 g/mol. The van der Waals surface area contributed by atoms with Crippen molar-refractivity contribution in [3.05, 3.63) is 105 Å². The number of halogens is 1. The van der Waals surface area contributed by atoms with Gasteiger partial charge in [0.05, 0.1) is 28.0 Å². The van der Waals surface area contributed by atoms with Gasteiger partial charge in [0, 0.05) is 12.2 Å². The van der Waals surface area contributed by atoms with Crippen LogP contribution >= 0.6 is 11.6 Å². The molecule has 5 rings (SSSR count). The standard InChI is InChI=1S/C29H29ClN4O2/c1-18(2)21-12-7-8-14-23(21)32-29(36)34(19(3)20-10-5-4-6-11-20)25-16-17-33-27(25)31-24-15-9-13-22(30)26(24)28(33)35/h4-15,18-19,25H,16-17H2,1-3H3,(H,32,36). The van der Waals surface area contributed by atoms with Gasteiger partial charge in [0.2, 0.25) is 0 Å². The minimum absolute atomic E-state index is 0.166. The van der Waals surface area contributed by atoms with Crippen LogP contribution in [0.3, 0.4) is 0 Å². The van der Waals surface area contributed by atoms with Gasteiger partial charge in [0.1, 0.15) is 5.82 Å². The van der Waals surface area contributed by atoms with Gasteiger partial charge >= 0.3 is 6.03 Å². The number of amides is 2. The van der Waals surface area contributed by atoms with Crippen LogP contribution in [0.1, 0.15) is 62.1 Å². The van der Waals surface area contributed by atoms with Crippen LogP contribution in [0.2, 0.25) is 5.02 Å². The highest BCUT2D eigenvalue weighted by atomic mass is 35.5. The third kappa shape index (κ3) is 4.26. The maximum Gasteiger partial charge on any atom is 0.322 e. The van der Waals surface area contributed by atoms with Gasteiger partial charge < -0.3 is 10.2 Å².